The van der Waals surface area contributed by atoms with Gasteiger partial charge in [-0.05, 0) is 50.1 Å². The molecule has 2 saturated heterocycles. The van der Waals surface area contributed by atoms with Gasteiger partial charge in [0.25, 0.3) is 0 Å². The largest absolute Gasteiger partial charge is 0.363 e. The zero-order valence-electron chi connectivity index (χ0n) is 17.3. The zero-order valence-corrected chi connectivity index (χ0v) is 18.9. The number of aromatic nitrogens is 1. The van der Waals surface area contributed by atoms with E-state index >= 15 is 0 Å². The summed E-state index contributed by atoms with van der Waals surface area (Å²) >= 11 is 3.61. The third-order valence-electron chi connectivity index (χ3n) is 5.55. The number of guanidine groups is 1. The number of hydrogen-bond acceptors (Lipinski definition) is 6. The van der Waals surface area contributed by atoms with E-state index in [1.54, 1.807) is 11.3 Å². The Morgan fingerprint density at radius 3 is 2.72 bits per heavy atom. The molecule has 0 amide bonds. The van der Waals surface area contributed by atoms with Crippen LogP contribution in [0.3, 0.4) is 0 Å². The van der Waals surface area contributed by atoms with Crippen molar-refractivity contribution >= 4 is 38.8 Å². The number of hydrogen-bond donors (Lipinski definition) is 2. The van der Waals surface area contributed by atoms with Crippen molar-refractivity contribution in [2.75, 3.05) is 49.1 Å². The molecule has 0 spiro atoms. The molecule has 0 unspecified atom stereocenters. The molecule has 158 valence electrons. The quantitative estimate of drug-likeness (QED) is 0.517. The molecule has 6 nitrogen and oxygen atoms in total. The molecule has 2 aliphatic rings. The Labute approximate surface area is 182 Å². The van der Waals surface area contributed by atoms with Crippen LogP contribution in [0.25, 0.3) is 0 Å². The maximum absolute atomic E-state index is 4.81. The van der Waals surface area contributed by atoms with E-state index < -0.39 is 0 Å². The van der Waals surface area contributed by atoms with Crippen LogP contribution in [0.2, 0.25) is 0 Å². The van der Waals surface area contributed by atoms with E-state index in [0.29, 0.717) is 6.04 Å². The van der Waals surface area contributed by atoms with E-state index in [4.69, 9.17) is 9.98 Å². The van der Waals surface area contributed by atoms with E-state index in [1.165, 1.54) is 28.7 Å². The highest BCUT2D eigenvalue weighted by molar-refractivity contribution is 7.14. The molecule has 2 aromatic rings. The van der Waals surface area contributed by atoms with Crippen molar-refractivity contribution in [2.45, 2.75) is 45.1 Å². The van der Waals surface area contributed by atoms with Crippen molar-refractivity contribution in [3.63, 3.8) is 0 Å². The molecular formula is C21H32N6S2. The number of thiazole rings is 1. The summed E-state index contributed by atoms with van der Waals surface area (Å²) in [7, 11) is 0. The van der Waals surface area contributed by atoms with Gasteiger partial charge in [-0.15, -0.1) is 22.7 Å². The molecule has 2 aliphatic heterocycles. The van der Waals surface area contributed by atoms with Gasteiger partial charge in [-0.3, -0.25) is 4.99 Å². The van der Waals surface area contributed by atoms with Gasteiger partial charge in [0.2, 0.25) is 0 Å². The lowest BCUT2D eigenvalue weighted by Gasteiger charge is -2.33. The molecule has 0 aliphatic carbocycles. The maximum Gasteiger partial charge on any atom is 0.191 e. The second-order valence-corrected chi connectivity index (χ2v) is 9.45. The molecule has 2 fully saturated rings. The lowest BCUT2D eigenvalue weighted by atomic mass is 10.1. The number of anilines is 2. The van der Waals surface area contributed by atoms with Gasteiger partial charge in [0.05, 0.1) is 10.7 Å². The van der Waals surface area contributed by atoms with Crippen LogP contribution in [0.15, 0.2) is 27.9 Å². The SMILES string of the molecule is CCNC(=NCCc1csc(N2CCCC2)n1)NC1CCN(c2cccs2)CC1. The number of rotatable bonds is 7. The van der Waals surface area contributed by atoms with Crippen molar-refractivity contribution in [3.05, 3.63) is 28.6 Å². The standard InChI is InChI=1S/C21H32N6S2/c1-2-22-20(24-17-8-13-26(14-9-17)19-6-5-15-28-19)23-10-7-18-16-29-21(25-18)27-11-3-4-12-27/h5-6,15-17H,2-4,7-14H2,1H3,(H2,22,23,24). The molecule has 8 heteroatoms. The maximum atomic E-state index is 4.81. The summed E-state index contributed by atoms with van der Waals surface area (Å²) in [6.07, 6.45) is 5.78. The molecular weight excluding hydrogens is 400 g/mol. The topological polar surface area (TPSA) is 55.8 Å². The average Bonchev–Trinajstić information content (AvgIpc) is 3.50. The summed E-state index contributed by atoms with van der Waals surface area (Å²) in [6, 6.07) is 4.85. The van der Waals surface area contributed by atoms with Crippen molar-refractivity contribution < 1.29 is 0 Å². The smallest absolute Gasteiger partial charge is 0.191 e. The van der Waals surface area contributed by atoms with Gasteiger partial charge in [0.15, 0.2) is 11.1 Å². The fourth-order valence-electron chi connectivity index (χ4n) is 3.95. The molecule has 0 radical (unpaired) electrons. The predicted octanol–water partition coefficient (Wildman–Crippen LogP) is 3.57. The van der Waals surface area contributed by atoms with E-state index in [2.05, 4.69) is 50.2 Å². The fraction of sp³-hybridized carbons (Fsp3) is 0.619. The van der Waals surface area contributed by atoms with E-state index in [-0.39, 0.29) is 0 Å². The molecule has 2 aromatic heterocycles. The molecule has 0 saturated carbocycles. The van der Waals surface area contributed by atoms with Gasteiger partial charge in [-0.2, -0.15) is 0 Å². The Kier molecular flexibility index (Phi) is 7.27. The lowest BCUT2D eigenvalue weighted by Crippen LogP contribution is -2.48. The van der Waals surface area contributed by atoms with Gasteiger partial charge in [0.1, 0.15) is 0 Å². The first-order valence-electron chi connectivity index (χ1n) is 10.8. The number of nitrogens with one attached hydrogen (secondary N) is 2. The highest BCUT2D eigenvalue weighted by Gasteiger charge is 2.20. The molecule has 0 bridgehead atoms. The Hall–Kier alpha value is -1.80. The number of piperidine rings is 1. The van der Waals surface area contributed by atoms with Crippen LogP contribution in [-0.2, 0) is 6.42 Å². The second kappa shape index (κ2) is 10.3. The molecule has 29 heavy (non-hydrogen) atoms. The van der Waals surface area contributed by atoms with Crippen LogP contribution in [0, 0.1) is 0 Å². The third kappa shape index (κ3) is 5.63. The normalized spacial score (nSPS) is 18.4. The van der Waals surface area contributed by atoms with Gasteiger partial charge in [-0.25, -0.2) is 4.98 Å². The lowest BCUT2D eigenvalue weighted by molar-refractivity contribution is 0.463. The Morgan fingerprint density at radius 2 is 2.00 bits per heavy atom. The van der Waals surface area contributed by atoms with Crippen molar-refractivity contribution in [2.24, 2.45) is 4.99 Å². The second-order valence-electron chi connectivity index (χ2n) is 7.68. The summed E-state index contributed by atoms with van der Waals surface area (Å²) in [4.78, 5) is 14.5. The first kappa shape index (κ1) is 20.5. The van der Waals surface area contributed by atoms with Crippen molar-refractivity contribution in [1.29, 1.82) is 0 Å². The number of nitrogens with zero attached hydrogens (tertiary/aromatic N) is 4. The average molecular weight is 433 g/mol. The molecule has 4 rings (SSSR count). The minimum Gasteiger partial charge on any atom is -0.363 e. The number of aliphatic imine (C=N–C) groups is 1. The van der Waals surface area contributed by atoms with E-state index in [0.717, 1.165) is 64.5 Å². The van der Waals surface area contributed by atoms with Crippen LogP contribution in [-0.4, -0.2) is 56.3 Å². The van der Waals surface area contributed by atoms with Crippen LogP contribution in [0.4, 0.5) is 10.1 Å². The minimum absolute atomic E-state index is 0.491. The van der Waals surface area contributed by atoms with Crippen LogP contribution < -0.4 is 20.4 Å². The molecule has 2 N–H and O–H groups in total. The van der Waals surface area contributed by atoms with Crippen LogP contribution >= 0.6 is 22.7 Å². The highest BCUT2D eigenvalue weighted by atomic mass is 32.1. The first-order valence-corrected chi connectivity index (χ1v) is 12.6. The van der Waals surface area contributed by atoms with Gasteiger partial charge < -0.3 is 20.4 Å². The minimum atomic E-state index is 0.491. The Morgan fingerprint density at radius 1 is 1.17 bits per heavy atom. The van der Waals surface area contributed by atoms with E-state index in [9.17, 15) is 0 Å². The van der Waals surface area contributed by atoms with Crippen LogP contribution in [0.1, 0.15) is 38.3 Å². The molecule has 0 aromatic carbocycles. The summed E-state index contributed by atoms with van der Waals surface area (Å²) in [5.41, 5.74) is 1.17. The monoisotopic (exact) mass is 432 g/mol. The van der Waals surface area contributed by atoms with Gasteiger partial charge >= 0.3 is 0 Å². The predicted molar refractivity (Wildman–Crippen MR) is 126 cm³/mol. The summed E-state index contributed by atoms with van der Waals surface area (Å²) in [6.45, 7) is 8.31. The van der Waals surface area contributed by atoms with Crippen molar-refractivity contribution in [3.8, 4) is 0 Å². The summed E-state index contributed by atoms with van der Waals surface area (Å²) < 4.78 is 0. The summed E-state index contributed by atoms with van der Waals surface area (Å²) in [5.74, 6) is 0.942. The fourth-order valence-corrected chi connectivity index (χ4v) is 5.65. The Bertz CT molecular complexity index is 758. The summed E-state index contributed by atoms with van der Waals surface area (Å²) in [5, 5.41) is 14.0. The third-order valence-corrected chi connectivity index (χ3v) is 7.43. The van der Waals surface area contributed by atoms with E-state index in [1.807, 2.05) is 11.3 Å². The number of thiophene rings is 1. The van der Waals surface area contributed by atoms with Crippen LogP contribution in [0.5, 0.6) is 0 Å². The first-order chi connectivity index (χ1) is 14.3. The van der Waals surface area contributed by atoms with Gasteiger partial charge in [-0.1, -0.05) is 0 Å². The highest BCUT2D eigenvalue weighted by Crippen LogP contribution is 2.25. The molecule has 4 heterocycles. The van der Waals surface area contributed by atoms with Crippen molar-refractivity contribution in [1.82, 2.24) is 15.6 Å². The Balaban J connectivity index is 1.24. The van der Waals surface area contributed by atoms with Gasteiger partial charge in [0, 0.05) is 57.1 Å². The zero-order chi connectivity index (χ0) is 19.9. The molecule has 0 atom stereocenters.